The molecule has 0 atom stereocenters. The lowest BCUT2D eigenvalue weighted by molar-refractivity contribution is -0.115. The summed E-state index contributed by atoms with van der Waals surface area (Å²) in [5, 5.41) is 22.1. The van der Waals surface area contributed by atoms with Crippen molar-refractivity contribution in [3.8, 4) is 0 Å². The second-order valence-electron chi connectivity index (χ2n) is 7.45. The molecular formula is C18H22N2O4. The van der Waals surface area contributed by atoms with Crippen LogP contribution in [-0.2, 0) is 17.6 Å². The number of aromatic nitrogens is 1. The molecule has 128 valence electrons. The summed E-state index contributed by atoms with van der Waals surface area (Å²) in [5.41, 5.74) is 1.29. The van der Waals surface area contributed by atoms with Gasteiger partial charge < -0.3 is 15.0 Å². The first-order valence-corrected chi connectivity index (χ1v) is 8.32. The monoisotopic (exact) mass is 330 g/mol. The van der Waals surface area contributed by atoms with Gasteiger partial charge in [-0.3, -0.25) is 9.59 Å². The van der Waals surface area contributed by atoms with Gasteiger partial charge in [-0.2, -0.15) is 0 Å². The van der Waals surface area contributed by atoms with Crippen LogP contribution < -0.4 is 0 Å². The fourth-order valence-electron chi connectivity index (χ4n) is 3.53. The molecule has 0 aromatic carbocycles. The average molecular weight is 330 g/mol. The number of Topliss-reactive ketones (excluding diaryl/α,β-unsaturated/α-hetero) is 2. The topological polar surface area (TPSA) is 104 Å². The minimum atomic E-state index is -0.177. The van der Waals surface area contributed by atoms with Gasteiger partial charge in [0.1, 0.15) is 11.5 Å². The van der Waals surface area contributed by atoms with Crippen molar-refractivity contribution in [3.63, 3.8) is 0 Å². The second-order valence-corrected chi connectivity index (χ2v) is 7.45. The Hall–Kier alpha value is -2.24. The summed E-state index contributed by atoms with van der Waals surface area (Å²) in [4.78, 5) is 24.3. The average Bonchev–Trinajstić information content (AvgIpc) is 2.86. The maximum absolute atomic E-state index is 12.4. The molecule has 0 unspecified atom stereocenters. The zero-order valence-electron chi connectivity index (χ0n) is 14.1. The third-order valence-electron chi connectivity index (χ3n) is 4.69. The number of aliphatic hydroxyl groups is 1. The Labute approximate surface area is 140 Å². The van der Waals surface area contributed by atoms with E-state index < -0.39 is 0 Å². The molecule has 0 spiro atoms. The van der Waals surface area contributed by atoms with Crippen LogP contribution in [0.25, 0.3) is 0 Å². The molecule has 0 amide bonds. The summed E-state index contributed by atoms with van der Waals surface area (Å²) in [6.45, 7) is 4.04. The minimum absolute atomic E-state index is 0.0196. The van der Waals surface area contributed by atoms with Gasteiger partial charge in [-0.25, -0.2) is 0 Å². The smallest absolute Gasteiger partial charge is 0.168 e. The molecule has 0 saturated heterocycles. The van der Waals surface area contributed by atoms with Gasteiger partial charge in [0.15, 0.2) is 11.6 Å². The van der Waals surface area contributed by atoms with E-state index in [4.69, 9.17) is 9.93 Å². The third kappa shape index (κ3) is 3.05. The summed E-state index contributed by atoms with van der Waals surface area (Å²) >= 11 is 0. The summed E-state index contributed by atoms with van der Waals surface area (Å²) < 4.78 is 5.34. The van der Waals surface area contributed by atoms with Crippen LogP contribution in [0.5, 0.6) is 0 Å². The summed E-state index contributed by atoms with van der Waals surface area (Å²) in [7, 11) is 0. The number of carbonyl (C=O) groups excluding carboxylic acids is 2. The highest BCUT2D eigenvalue weighted by Crippen LogP contribution is 2.36. The first-order valence-electron chi connectivity index (χ1n) is 8.32. The number of ketones is 2. The molecule has 1 heterocycles. The van der Waals surface area contributed by atoms with Crippen molar-refractivity contribution in [1.29, 1.82) is 5.41 Å². The van der Waals surface area contributed by atoms with E-state index in [0.29, 0.717) is 55.5 Å². The number of hydrogen-bond donors (Lipinski definition) is 2. The highest BCUT2D eigenvalue weighted by molar-refractivity contribution is 6.23. The molecule has 2 N–H and O–H groups in total. The molecule has 2 aliphatic rings. The number of aryl methyl sites for hydroxylation is 1. The highest BCUT2D eigenvalue weighted by Gasteiger charge is 2.36. The Morgan fingerprint density at radius 3 is 2.71 bits per heavy atom. The first-order chi connectivity index (χ1) is 11.3. The number of fused-ring (bicyclic) bond motifs is 1. The van der Waals surface area contributed by atoms with Crippen LogP contribution in [0.4, 0.5) is 0 Å². The standard InChI is InChI=1S/C18H22N2O4/c1-18(2)8-14(23)17-11(20-24-15(17)9-18)6-7-13(22)16-10(19)4-3-5-12(16)21/h19,22H,3-9H2,1-2H3/b16-13-,19-10?. The van der Waals surface area contributed by atoms with Crippen molar-refractivity contribution < 1.29 is 19.2 Å². The third-order valence-corrected chi connectivity index (χ3v) is 4.69. The van der Waals surface area contributed by atoms with Crippen molar-refractivity contribution >= 4 is 17.3 Å². The number of aliphatic hydroxyl groups excluding tert-OH is 1. The molecule has 1 fully saturated rings. The van der Waals surface area contributed by atoms with Gasteiger partial charge in [0, 0.05) is 37.8 Å². The van der Waals surface area contributed by atoms with Gasteiger partial charge in [0.05, 0.1) is 16.8 Å². The van der Waals surface area contributed by atoms with Crippen LogP contribution in [0.3, 0.4) is 0 Å². The molecule has 0 radical (unpaired) electrons. The lowest BCUT2D eigenvalue weighted by Gasteiger charge is -2.26. The van der Waals surface area contributed by atoms with Crippen molar-refractivity contribution in [1.82, 2.24) is 5.16 Å². The largest absolute Gasteiger partial charge is 0.511 e. The number of carbonyl (C=O) groups is 2. The van der Waals surface area contributed by atoms with Crippen molar-refractivity contribution in [2.45, 2.75) is 58.8 Å². The van der Waals surface area contributed by atoms with E-state index in [2.05, 4.69) is 5.16 Å². The number of nitrogens with one attached hydrogen (secondary N) is 1. The molecule has 2 aliphatic carbocycles. The number of allylic oxidation sites excluding steroid dienone is 2. The van der Waals surface area contributed by atoms with Crippen molar-refractivity contribution in [2.75, 3.05) is 0 Å². The lowest BCUT2D eigenvalue weighted by atomic mass is 9.76. The van der Waals surface area contributed by atoms with Gasteiger partial charge in [0.2, 0.25) is 0 Å². The Balaban J connectivity index is 1.79. The van der Waals surface area contributed by atoms with E-state index in [1.165, 1.54) is 0 Å². The Bertz CT molecular complexity index is 737. The highest BCUT2D eigenvalue weighted by atomic mass is 16.5. The minimum Gasteiger partial charge on any atom is -0.511 e. The van der Waals surface area contributed by atoms with Crippen LogP contribution in [0.1, 0.15) is 67.8 Å². The number of nitrogens with zero attached hydrogens (tertiary/aromatic N) is 1. The fraction of sp³-hybridized carbons (Fsp3) is 0.556. The van der Waals surface area contributed by atoms with Gasteiger partial charge in [-0.1, -0.05) is 19.0 Å². The van der Waals surface area contributed by atoms with Crippen LogP contribution in [0.2, 0.25) is 0 Å². The van der Waals surface area contributed by atoms with Crippen LogP contribution in [-0.4, -0.2) is 27.5 Å². The first kappa shape index (κ1) is 16.6. The molecule has 0 aliphatic heterocycles. The normalized spacial score (nSPS) is 22.5. The molecule has 0 bridgehead atoms. The van der Waals surface area contributed by atoms with Crippen LogP contribution in [0, 0.1) is 10.8 Å². The van der Waals surface area contributed by atoms with Gasteiger partial charge in [0.25, 0.3) is 0 Å². The predicted molar refractivity (Wildman–Crippen MR) is 87.5 cm³/mol. The Morgan fingerprint density at radius 1 is 1.25 bits per heavy atom. The second kappa shape index (κ2) is 6.00. The maximum Gasteiger partial charge on any atom is 0.168 e. The number of rotatable bonds is 3. The van der Waals surface area contributed by atoms with E-state index in [1.807, 2.05) is 13.8 Å². The molecule has 6 nitrogen and oxygen atoms in total. The van der Waals surface area contributed by atoms with Gasteiger partial charge in [-0.05, 0) is 18.3 Å². The van der Waals surface area contributed by atoms with Crippen molar-refractivity contribution in [2.24, 2.45) is 5.41 Å². The molecule has 24 heavy (non-hydrogen) atoms. The van der Waals surface area contributed by atoms with E-state index in [0.717, 1.165) is 0 Å². The van der Waals surface area contributed by atoms with E-state index in [9.17, 15) is 14.7 Å². The van der Waals surface area contributed by atoms with Crippen LogP contribution >= 0.6 is 0 Å². The SMILES string of the molecule is CC1(C)CC(=O)c2c(CC/C(O)=C3\C(=N)CCCC3=O)noc2C1. The van der Waals surface area contributed by atoms with E-state index in [-0.39, 0.29) is 40.4 Å². The molecule has 1 aromatic rings. The fourth-order valence-corrected chi connectivity index (χ4v) is 3.53. The van der Waals surface area contributed by atoms with Crippen LogP contribution in [0.15, 0.2) is 15.9 Å². The zero-order valence-corrected chi connectivity index (χ0v) is 14.1. The number of hydrogen-bond acceptors (Lipinski definition) is 6. The molecule has 1 saturated carbocycles. The van der Waals surface area contributed by atoms with Crippen molar-refractivity contribution in [3.05, 3.63) is 28.3 Å². The summed E-state index contributed by atoms with van der Waals surface area (Å²) in [6, 6.07) is 0. The Kier molecular flexibility index (Phi) is 4.15. The maximum atomic E-state index is 12.4. The zero-order chi connectivity index (χ0) is 17.5. The lowest BCUT2D eigenvalue weighted by Crippen LogP contribution is -2.26. The molecular weight excluding hydrogens is 308 g/mol. The molecule has 1 aromatic heterocycles. The predicted octanol–water partition coefficient (Wildman–Crippen LogP) is 3.35. The Morgan fingerprint density at radius 2 is 2.00 bits per heavy atom. The quantitative estimate of drug-likeness (QED) is 0.653. The molecule has 6 heteroatoms. The summed E-state index contributed by atoms with van der Waals surface area (Å²) in [5.74, 6) is 0.375. The van der Waals surface area contributed by atoms with E-state index >= 15 is 0 Å². The van der Waals surface area contributed by atoms with Gasteiger partial charge >= 0.3 is 0 Å². The molecule has 3 rings (SSSR count). The van der Waals surface area contributed by atoms with E-state index in [1.54, 1.807) is 0 Å². The summed E-state index contributed by atoms with van der Waals surface area (Å²) in [6.07, 6.45) is 3.16. The van der Waals surface area contributed by atoms with Gasteiger partial charge in [-0.15, -0.1) is 0 Å².